The van der Waals surface area contributed by atoms with Gasteiger partial charge in [0.15, 0.2) is 0 Å². The normalized spacial score (nSPS) is 20.0. The lowest BCUT2D eigenvalue weighted by atomic mass is 9.98. The minimum Gasteiger partial charge on any atom is -0.481 e. The first-order valence-electron chi connectivity index (χ1n) is 6.44. The van der Waals surface area contributed by atoms with Gasteiger partial charge < -0.3 is 15.7 Å². The largest absolute Gasteiger partial charge is 0.481 e. The number of nitrogen functional groups attached to an aromatic ring is 1. The van der Waals surface area contributed by atoms with E-state index in [1.165, 1.54) is 0 Å². The summed E-state index contributed by atoms with van der Waals surface area (Å²) in [5, 5.41) is 9.25. The summed E-state index contributed by atoms with van der Waals surface area (Å²) in [6.07, 6.45) is 2.40. The van der Waals surface area contributed by atoms with Crippen LogP contribution < -0.4 is 10.6 Å². The monoisotopic (exact) mass is 260 g/mol. The summed E-state index contributed by atoms with van der Waals surface area (Å²) < 4.78 is 0. The van der Waals surface area contributed by atoms with Crippen molar-refractivity contribution in [2.75, 3.05) is 17.2 Å². The average Bonchev–Trinajstić information content (AvgIpc) is 3.14. The van der Waals surface area contributed by atoms with E-state index in [0.29, 0.717) is 31.4 Å². The van der Waals surface area contributed by atoms with E-state index < -0.39 is 11.4 Å². The summed E-state index contributed by atoms with van der Waals surface area (Å²) in [6, 6.07) is 5.44. The van der Waals surface area contributed by atoms with Gasteiger partial charge in [0.2, 0.25) is 5.91 Å². The molecule has 0 atom stereocenters. The summed E-state index contributed by atoms with van der Waals surface area (Å²) in [5.74, 6) is -0.798. The third kappa shape index (κ3) is 1.95. The van der Waals surface area contributed by atoms with Crippen molar-refractivity contribution in [3.8, 4) is 0 Å². The van der Waals surface area contributed by atoms with E-state index in [9.17, 15) is 14.7 Å². The van der Waals surface area contributed by atoms with Gasteiger partial charge in [-0.3, -0.25) is 9.59 Å². The summed E-state index contributed by atoms with van der Waals surface area (Å²) in [7, 11) is 0. The Labute approximate surface area is 111 Å². The molecule has 1 heterocycles. The molecule has 0 spiro atoms. The minimum atomic E-state index is -0.803. The Morgan fingerprint density at radius 1 is 1.37 bits per heavy atom. The predicted octanol–water partition coefficient (Wildman–Crippen LogP) is 1.41. The molecule has 19 heavy (non-hydrogen) atoms. The standard InChI is InChI=1S/C14H16N2O3/c15-10-2-3-11-9(7-10)1-4-12(17)16(11)8-14(5-6-14)13(18)19/h2-3,7H,1,4-6,8,15H2,(H,18,19). The Hall–Kier alpha value is -2.04. The van der Waals surface area contributed by atoms with Crippen molar-refractivity contribution in [3.05, 3.63) is 23.8 Å². The van der Waals surface area contributed by atoms with Crippen molar-refractivity contribution < 1.29 is 14.7 Å². The highest BCUT2D eigenvalue weighted by molar-refractivity contribution is 5.97. The van der Waals surface area contributed by atoms with Gasteiger partial charge in [-0.1, -0.05) is 0 Å². The van der Waals surface area contributed by atoms with Crippen molar-refractivity contribution in [2.24, 2.45) is 5.41 Å². The van der Waals surface area contributed by atoms with Gasteiger partial charge in [0.25, 0.3) is 0 Å². The highest BCUT2D eigenvalue weighted by Crippen LogP contribution is 2.48. The second kappa shape index (κ2) is 3.98. The van der Waals surface area contributed by atoms with Crippen molar-refractivity contribution in [2.45, 2.75) is 25.7 Å². The van der Waals surface area contributed by atoms with Crippen LogP contribution in [-0.2, 0) is 16.0 Å². The number of aryl methyl sites for hydroxylation is 1. The topological polar surface area (TPSA) is 83.6 Å². The van der Waals surface area contributed by atoms with Gasteiger partial charge in [0.1, 0.15) is 0 Å². The zero-order chi connectivity index (χ0) is 13.6. The summed E-state index contributed by atoms with van der Waals surface area (Å²) in [5.41, 5.74) is 7.54. The van der Waals surface area contributed by atoms with E-state index in [0.717, 1.165) is 11.3 Å². The Morgan fingerprint density at radius 3 is 2.74 bits per heavy atom. The highest BCUT2D eigenvalue weighted by atomic mass is 16.4. The molecule has 1 aromatic carbocycles. The predicted molar refractivity (Wildman–Crippen MR) is 70.8 cm³/mol. The number of amides is 1. The number of carbonyl (C=O) groups excluding carboxylic acids is 1. The SMILES string of the molecule is Nc1ccc2c(c1)CCC(=O)N2CC1(C(=O)O)CC1. The molecular weight excluding hydrogens is 244 g/mol. The van der Waals surface area contributed by atoms with Crippen molar-refractivity contribution in [1.29, 1.82) is 0 Å². The maximum atomic E-state index is 12.1. The number of hydrogen-bond donors (Lipinski definition) is 2. The first-order chi connectivity index (χ1) is 9.02. The summed E-state index contributed by atoms with van der Waals surface area (Å²) >= 11 is 0. The Morgan fingerprint density at radius 2 is 2.11 bits per heavy atom. The van der Waals surface area contributed by atoms with E-state index in [1.807, 2.05) is 12.1 Å². The fourth-order valence-corrected chi connectivity index (χ4v) is 2.65. The number of carbonyl (C=O) groups is 2. The zero-order valence-corrected chi connectivity index (χ0v) is 10.6. The number of benzene rings is 1. The third-order valence-corrected chi connectivity index (χ3v) is 4.07. The van der Waals surface area contributed by atoms with Crippen LogP contribution in [0.25, 0.3) is 0 Å². The summed E-state index contributed by atoms with van der Waals surface area (Å²) in [4.78, 5) is 25.0. The van der Waals surface area contributed by atoms with E-state index in [4.69, 9.17) is 5.73 Å². The van der Waals surface area contributed by atoms with Gasteiger partial charge >= 0.3 is 5.97 Å². The van der Waals surface area contributed by atoms with Gasteiger partial charge in [-0.15, -0.1) is 0 Å². The summed E-state index contributed by atoms with van der Waals surface area (Å²) in [6.45, 7) is 0.276. The molecule has 100 valence electrons. The Bertz CT molecular complexity index is 564. The first kappa shape index (κ1) is 12.0. The average molecular weight is 260 g/mol. The zero-order valence-electron chi connectivity index (χ0n) is 10.6. The number of hydrogen-bond acceptors (Lipinski definition) is 3. The molecule has 0 bridgehead atoms. The Kier molecular flexibility index (Phi) is 2.52. The molecule has 0 radical (unpaired) electrons. The van der Waals surface area contributed by atoms with Gasteiger partial charge in [-0.05, 0) is 43.0 Å². The van der Waals surface area contributed by atoms with Gasteiger partial charge in [-0.25, -0.2) is 0 Å². The van der Waals surface area contributed by atoms with E-state index in [1.54, 1.807) is 11.0 Å². The lowest BCUT2D eigenvalue weighted by Crippen LogP contribution is -2.41. The molecule has 1 aliphatic carbocycles. The van der Waals surface area contributed by atoms with Gasteiger partial charge in [-0.2, -0.15) is 0 Å². The molecule has 1 fully saturated rings. The molecule has 3 N–H and O–H groups in total. The van der Waals surface area contributed by atoms with Crippen LogP contribution in [0, 0.1) is 5.41 Å². The number of nitrogens with two attached hydrogens (primary N) is 1. The molecule has 2 aliphatic rings. The first-order valence-corrected chi connectivity index (χ1v) is 6.44. The van der Waals surface area contributed by atoms with Gasteiger partial charge in [0.05, 0.1) is 5.41 Å². The van der Waals surface area contributed by atoms with Crippen LogP contribution in [0.2, 0.25) is 0 Å². The molecule has 1 aliphatic heterocycles. The number of rotatable bonds is 3. The maximum absolute atomic E-state index is 12.1. The van der Waals surface area contributed by atoms with E-state index in [-0.39, 0.29) is 12.5 Å². The third-order valence-electron chi connectivity index (χ3n) is 4.07. The maximum Gasteiger partial charge on any atom is 0.311 e. The Balaban J connectivity index is 1.93. The van der Waals surface area contributed by atoms with Crippen LogP contribution in [0.1, 0.15) is 24.8 Å². The fraction of sp³-hybridized carbons (Fsp3) is 0.429. The highest BCUT2D eigenvalue weighted by Gasteiger charge is 2.52. The van der Waals surface area contributed by atoms with E-state index >= 15 is 0 Å². The molecule has 0 saturated heterocycles. The lowest BCUT2D eigenvalue weighted by Gasteiger charge is -2.31. The van der Waals surface area contributed by atoms with Crippen molar-refractivity contribution in [3.63, 3.8) is 0 Å². The number of carboxylic acid groups (broad SMARTS) is 1. The van der Waals surface area contributed by atoms with Crippen LogP contribution in [0.5, 0.6) is 0 Å². The molecule has 5 nitrogen and oxygen atoms in total. The smallest absolute Gasteiger partial charge is 0.311 e. The van der Waals surface area contributed by atoms with Crippen LogP contribution in [0.3, 0.4) is 0 Å². The van der Waals surface area contributed by atoms with Crippen molar-refractivity contribution >= 4 is 23.3 Å². The van der Waals surface area contributed by atoms with Crippen LogP contribution in [0.4, 0.5) is 11.4 Å². The van der Waals surface area contributed by atoms with Gasteiger partial charge in [0, 0.05) is 24.3 Å². The second-order valence-corrected chi connectivity index (χ2v) is 5.45. The number of carboxylic acids is 1. The molecule has 1 amide bonds. The fourth-order valence-electron chi connectivity index (χ4n) is 2.65. The number of anilines is 2. The molecule has 3 rings (SSSR count). The number of aliphatic carboxylic acids is 1. The van der Waals surface area contributed by atoms with Crippen LogP contribution >= 0.6 is 0 Å². The quantitative estimate of drug-likeness (QED) is 0.805. The van der Waals surface area contributed by atoms with Crippen molar-refractivity contribution in [1.82, 2.24) is 0 Å². The molecule has 0 aromatic heterocycles. The van der Waals surface area contributed by atoms with Crippen LogP contribution in [0.15, 0.2) is 18.2 Å². The lowest BCUT2D eigenvalue weighted by molar-refractivity contribution is -0.143. The molecule has 1 aromatic rings. The number of nitrogens with zero attached hydrogens (tertiary/aromatic N) is 1. The molecule has 0 unspecified atom stereocenters. The minimum absolute atomic E-state index is 0.00444. The molecule has 1 saturated carbocycles. The molecular formula is C14H16N2O3. The molecule has 5 heteroatoms. The second-order valence-electron chi connectivity index (χ2n) is 5.45. The van der Waals surface area contributed by atoms with E-state index in [2.05, 4.69) is 0 Å². The number of fused-ring (bicyclic) bond motifs is 1. The van der Waals surface area contributed by atoms with Crippen LogP contribution in [-0.4, -0.2) is 23.5 Å².